The van der Waals surface area contributed by atoms with Crippen LogP contribution in [0.1, 0.15) is 50.4 Å². The van der Waals surface area contributed by atoms with E-state index in [2.05, 4.69) is 69.4 Å². The normalized spacial score (nSPS) is 14.7. The number of hydrogen-bond donors (Lipinski definition) is 0. The first-order chi connectivity index (χ1) is 22.7. The van der Waals surface area contributed by atoms with E-state index < -0.39 is 12.0 Å². The lowest BCUT2D eigenvalue weighted by molar-refractivity contribution is -0.139. The van der Waals surface area contributed by atoms with Crippen LogP contribution in [0.3, 0.4) is 0 Å². The molecule has 0 saturated carbocycles. The molecule has 0 unspecified atom stereocenters. The molecule has 0 bridgehead atoms. The highest BCUT2D eigenvalue weighted by Gasteiger charge is 2.35. The zero-order chi connectivity index (χ0) is 33.2. The van der Waals surface area contributed by atoms with E-state index in [1.54, 1.807) is 18.4 Å². The van der Waals surface area contributed by atoms with Gasteiger partial charge in [-0.1, -0.05) is 72.0 Å². The lowest BCUT2D eigenvalue weighted by atomic mass is 9.95. The maximum Gasteiger partial charge on any atom is 0.338 e. The van der Waals surface area contributed by atoms with Crippen molar-refractivity contribution in [2.75, 3.05) is 6.61 Å². The van der Waals surface area contributed by atoms with Crippen LogP contribution in [-0.2, 0) is 16.1 Å². The number of carbonyl (C=O) groups is 1. The quantitative estimate of drug-likeness (QED) is 0.113. The van der Waals surface area contributed by atoms with E-state index in [4.69, 9.17) is 19.2 Å². The van der Waals surface area contributed by atoms with Crippen molar-refractivity contribution in [2.45, 2.75) is 46.4 Å². The molecule has 0 radical (unpaired) electrons. The average Bonchev–Trinajstić information content (AvgIpc) is 3.33. The van der Waals surface area contributed by atoms with Gasteiger partial charge in [-0.25, -0.2) is 9.79 Å². The van der Waals surface area contributed by atoms with Crippen molar-refractivity contribution in [3.8, 4) is 11.5 Å². The summed E-state index contributed by atoms with van der Waals surface area (Å²) in [5.41, 5.74) is 3.27. The summed E-state index contributed by atoms with van der Waals surface area (Å²) >= 11 is 5.86. The summed E-state index contributed by atoms with van der Waals surface area (Å²) in [6.45, 7) is 8.07. The molecule has 1 aliphatic rings. The third-order valence-electron chi connectivity index (χ3n) is 7.66. The predicted molar refractivity (Wildman–Crippen MR) is 203 cm³/mol. The van der Waals surface area contributed by atoms with Crippen LogP contribution in [0.25, 0.3) is 16.8 Å². The van der Waals surface area contributed by atoms with Gasteiger partial charge in [0.2, 0.25) is 0 Å². The number of allylic oxidation sites excluding steroid dienone is 1. The fourth-order valence-electron chi connectivity index (χ4n) is 5.67. The van der Waals surface area contributed by atoms with Crippen LogP contribution >= 0.6 is 56.5 Å². The van der Waals surface area contributed by atoms with Gasteiger partial charge in [0.1, 0.15) is 24.1 Å². The van der Waals surface area contributed by atoms with Gasteiger partial charge < -0.3 is 14.2 Å². The smallest absolute Gasteiger partial charge is 0.338 e. The molecular formula is C37H32I2N2O5S. The van der Waals surface area contributed by atoms with Crippen molar-refractivity contribution in [3.05, 3.63) is 134 Å². The number of halogens is 2. The minimum atomic E-state index is -0.757. The van der Waals surface area contributed by atoms with E-state index in [0.717, 1.165) is 24.0 Å². The highest BCUT2D eigenvalue weighted by molar-refractivity contribution is 14.1. The molecule has 5 aromatic rings. The average molecular weight is 871 g/mol. The topological polar surface area (TPSA) is 79.1 Å². The molecule has 240 valence electrons. The number of carbonyl (C=O) groups excluding carboxylic acids is 1. The number of hydrogen-bond acceptors (Lipinski definition) is 7. The van der Waals surface area contributed by atoms with Gasteiger partial charge in [-0.2, -0.15) is 0 Å². The highest BCUT2D eigenvalue weighted by Crippen LogP contribution is 2.36. The standard InChI is InChI=1S/C37H32I2N2O5S/c1-5-44-36(43)32-22(4)40-37-41(33(32)27-15-8-9-16-30(27)46-21(2)3)35(42)31(47-37)19-23-17-28(38)34(29(39)18-23)45-20-25-13-10-12-24-11-6-7-14-26(24)25/h6-19,21,33H,5,20H2,1-4H3/b31-19+/t33-/m1/s1. The van der Waals surface area contributed by atoms with Crippen LogP contribution in [0.15, 0.2) is 99.9 Å². The number of nitrogens with zero attached hydrogens (tertiary/aromatic N) is 2. The molecule has 1 aromatic heterocycles. The Balaban J connectivity index is 1.40. The molecule has 4 aromatic carbocycles. The van der Waals surface area contributed by atoms with E-state index in [-0.39, 0.29) is 18.3 Å². The number of esters is 1. The number of ether oxygens (including phenoxy) is 3. The number of thiazole rings is 1. The monoisotopic (exact) mass is 870 g/mol. The first kappa shape index (κ1) is 33.4. The second-order valence-corrected chi connectivity index (χ2v) is 14.6. The zero-order valence-electron chi connectivity index (χ0n) is 26.3. The largest absolute Gasteiger partial charge is 0.491 e. The fourth-order valence-corrected chi connectivity index (χ4v) is 8.85. The number of aromatic nitrogens is 1. The van der Waals surface area contributed by atoms with Crippen LogP contribution in [-0.4, -0.2) is 23.2 Å². The summed E-state index contributed by atoms with van der Waals surface area (Å²) in [6, 6.07) is 25.3. The van der Waals surface area contributed by atoms with Gasteiger partial charge in [0, 0.05) is 5.56 Å². The summed E-state index contributed by atoms with van der Waals surface area (Å²) in [7, 11) is 0. The molecule has 6 rings (SSSR count). The second-order valence-electron chi connectivity index (χ2n) is 11.2. The third-order valence-corrected chi connectivity index (χ3v) is 10.2. The first-order valence-corrected chi connectivity index (χ1v) is 18.2. The molecular weight excluding hydrogens is 838 g/mol. The molecule has 2 heterocycles. The Kier molecular flexibility index (Phi) is 10.2. The van der Waals surface area contributed by atoms with E-state index in [0.29, 0.717) is 38.5 Å². The molecule has 1 aliphatic heterocycles. The molecule has 47 heavy (non-hydrogen) atoms. The molecule has 0 amide bonds. The Hall–Kier alpha value is -3.49. The number of benzene rings is 4. The number of fused-ring (bicyclic) bond motifs is 2. The minimum absolute atomic E-state index is 0.105. The molecule has 0 spiro atoms. The van der Waals surface area contributed by atoms with Gasteiger partial charge >= 0.3 is 5.97 Å². The van der Waals surface area contributed by atoms with Crippen molar-refractivity contribution in [2.24, 2.45) is 4.99 Å². The Bertz CT molecular complexity index is 2190. The van der Waals surface area contributed by atoms with Crippen LogP contribution < -0.4 is 24.4 Å². The molecule has 0 N–H and O–H groups in total. The van der Waals surface area contributed by atoms with Gasteiger partial charge in [0.05, 0.1) is 35.7 Å². The maximum absolute atomic E-state index is 14.2. The second kappa shape index (κ2) is 14.3. The molecule has 0 fully saturated rings. The number of para-hydroxylation sites is 1. The van der Waals surface area contributed by atoms with Crippen molar-refractivity contribution in [1.82, 2.24) is 4.57 Å². The summed E-state index contributed by atoms with van der Waals surface area (Å²) in [4.78, 5) is 32.8. The first-order valence-electron chi connectivity index (χ1n) is 15.2. The molecule has 0 aliphatic carbocycles. The molecule has 7 nitrogen and oxygen atoms in total. The predicted octanol–water partition coefficient (Wildman–Crippen LogP) is 7.53. The Morgan fingerprint density at radius 2 is 1.72 bits per heavy atom. The molecule has 0 saturated heterocycles. The van der Waals surface area contributed by atoms with Crippen LogP contribution in [0, 0.1) is 7.14 Å². The lowest BCUT2D eigenvalue weighted by Crippen LogP contribution is -2.40. The Morgan fingerprint density at radius 1 is 1.02 bits per heavy atom. The van der Waals surface area contributed by atoms with Gasteiger partial charge in [-0.15, -0.1) is 0 Å². The van der Waals surface area contributed by atoms with E-state index in [1.165, 1.54) is 22.1 Å². The number of rotatable bonds is 9. The van der Waals surface area contributed by atoms with Crippen molar-refractivity contribution >= 4 is 79.3 Å². The van der Waals surface area contributed by atoms with Gasteiger partial charge in [0.15, 0.2) is 4.80 Å². The summed E-state index contributed by atoms with van der Waals surface area (Å²) in [6.07, 6.45) is 1.77. The zero-order valence-corrected chi connectivity index (χ0v) is 31.4. The SMILES string of the molecule is CCOC(=O)C1=C(C)N=c2s/c(=C/c3cc(I)c(OCc4cccc5ccccc45)c(I)c3)c(=O)n2[C@@H]1c1ccccc1OC(C)C. The summed E-state index contributed by atoms with van der Waals surface area (Å²) < 4.78 is 21.9. The van der Waals surface area contributed by atoms with Gasteiger partial charge in [-0.05, 0) is 119 Å². The van der Waals surface area contributed by atoms with Crippen LogP contribution in [0.2, 0.25) is 0 Å². The highest BCUT2D eigenvalue weighted by atomic mass is 127. The van der Waals surface area contributed by atoms with E-state index in [9.17, 15) is 9.59 Å². The van der Waals surface area contributed by atoms with Crippen LogP contribution in [0.4, 0.5) is 0 Å². The Morgan fingerprint density at radius 3 is 2.47 bits per heavy atom. The maximum atomic E-state index is 14.2. The van der Waals surface area contributed by atoms with Crippen molar-refractivity contribution in [1.29, 1.82) is 0 Å². The summed E-state index contributed by atoms with van der Waals surface area (Å²) in [5, 5.41) is 2.35. The fraction of sp³-hybridized carbons (Fsp3) is 0.216. The van der Waals surface area contributed by atoms with E-state index >= 15 is 0 Å². The third kappa shape index (κ3) is 6.91. The van der Waals surface area contributed by atoms with E-state index in [1.807, 2.05) is 74.5 Å². The lowest BCUT2D eigenvalue weighted by Gasteiger charge is -2.26. The Labute approximate surface area is 303 Å². The van der Waals surface area contributed by atoms with Crippen molar-refractivity contribution in [3.63, 3.8) is 0 Å². The van der Waals surface area contributed by atoms with Crippen molar-refractivity contribution < 1.29 is 19.0 Å². The summed E-state index contributed by atoms with van der Waals surface area (Å²) in [5.74, 6) is 0.895. The molecule has 1 atom stereocenters. The van der Waals surface area contributed by atoms with Gasteiger partial charge in [-0.3, -0.25) is 9.36 Å². The van der Waals surface area contributed by atoms with Crippen LogP contribution in [0.5, 0.6) is 11.5 Å². The van der Waals surface area contributed by atoms with Gasteiger partial charge in [0.25, 0.3) is 5.56 Å². The molecule has 10 heteroatoms. The minimum Gasteiger partial charge on any atom is -0.491 e.